The number of nitrogens with zero attached hydrogens (tertiary/aromatic N) is 2. The molecule has 2 aliphatic carbocycles. The van der Waals surface area contributed by atoms with Crippen LogP contribution in [0.1, 0.15) is 34.4 Å². The molecule has 0 amide bonds. The topological polar surface area (TPSA) is 25.8 Å². The zero-order valence-electron chi connectivity index (χ0n) is 13.1. The molecule has 1 heterocycles. The van der Waals surface area contributed by atoms with E-state index in [-0.39, 0.29) is 0 Å². The van der Waals surface area contributed by atoms with Crippen molar-refractivity contribution in [3.8, 4) is 11.1 Å². The van der Waals surface area contributed by atoms with Gasteiger partial charge in [-0.2, -0.15) is 8.75 Å². The van der Waals surface area contributed by atoms with E-state index >= 15 is 0 Å². The fourth-order valence-corrected chi connectivity index (χ4v) is 4.76. The Kier molecular flexibility index (Phi) is 3.32. The van der Waals surface area contributed by atoms with Gasteiger partial charge in [0.15, 0.2) is 5.15 Å². The van der Waals surface area contributed by atoms with Gasteiger partial charge in [0.05, 0.1) is 11.7 Å². The number of benzene rings is 2. The van der Waals surface area contributed by atoms with Crippen LogP contribution in [0.5, 0.6) is 0 Å². The summed E-state index contributed by atoms with van der Waals surface area (Å²) in [6.45, 7) is 0. The number of fused-ring (bicyclic) bond motifs is 5. The Morgan fingerprint density at radius 2 is 1.71 bits per heavy atom. The highest BCUT2D eigenvalue weighted by Crippen LogP contribution is 2.41. The number of rotatable bonds is 1. The largest absolute Gasteiger partial charge is 0.172 e. The van der Waals surface area contributed by atoms with Crippen LogP contribution in [0.25, 0.3) is 22.8 Å². The molecule has 2 aliphatic rings. The zero-order chi connectivity index (χ0) is 16.1. The van der Waals surface area contributed by atoms with E-state index in [1.54, 1.807) is 0 Å². The molecule has 0 bridgehead atoms. The molecule has 24 heavy (non-hydrogen) atoms. The molecule has 0 radical (unpaired) electrons. The molecule has 0 aliphatic heterocycles. The summed E-state index contributed by atoms with van der Waals surface area (Å²) in [6.07, 6.45) is 6.54. The van der Waals surface area contributed by atoms with Crippen molar-refractivity contribution >= 4 is 35.0 Å². The third kappa shape index (κ3) is 2.15. The molecule has 2 nitrogen and oxygen atoms in total. The summed E-state index contributed by atoms with van der Waals surface area (Å²) < 4.78 is 8.51. The lowest BCUT2D eigenvalue weighted by Crippen LogP contribution is -2.10. The fourth-order valence-electron chi connectivity index (χ4n) is 3.97. The van der Waals surface area contributed by atoms with Gasteiger partial charge in [0.1, 0.15) is 5.69 Å². The second kappa shape index (κ2) is 5.54. The Hall–Kier alpha value is -1.97. The van der Waals surface area contributed by atoms with Gasteiger partial charge in [-0.05, 0) is 70.7 Å². The standard InChI is InChI=1S/C20H15ClN2S/c21-20-19(22-24-23-20)14-6-5-13-8-9-16-15-4-2-1-3-12(15)7-10-17(16)18(13)11-14/h1-4,8-9,11H,5-7,10H2. The van der Waals surface area contributed by atoms with Crippen LogP contribution < -0.4 is 0 Å². The van der Waals surface area contributed by atoms with Crippen molar-refractivity contribution in [2.24, 2.45) is 0 Å². The lowest BCUT2D eigenvalue weighted by molar-refractivity contribution is 0.918. The summed E-state index contributed by atoms with van der Waals surface area (Å²) in [5.74, 6) is 0. The highest BCUT2D eigenvalue weighted by atomic mass is 35.5. The van der Waals surface area contributed by atoms with Crippen molar-refractivity contribution in [2.45, 2.75) is 25.7 Å². The number of hydrogen-bond donors (Lipinski definition) is 0. The van der Waals surface area contributed by atoms with Crippen molar-refractivity contribution in [1.82, 2.24) is 8.75 Å². The van der Waals surface area contributed by atoms with E-state index in [0.717, 1.165) is 31.4 Å². The molecule has 1 aromatic heterocycles. The third-order valence-electron chi connectivity index (χ3n) is 5.13. The predicted octanol–water partition coefficient (Wildman–Crippen LogP) is 5.44. The molecule has 3 aromatic rings. The van der Waals surface area contributed by atoms with E-state index in [1.165, 1.54) is 50.7 Å². The number of hydrogen-bond acceptors (Lipinski definition) is 3. The molecular weight excluding hydrogens is 336 g/mol. The van der Waals surface area contributed by atoms with E-state index < -0.39 is 0 Å². The molecule has 5 rings (SSSR count). The van der Waals surface area contributed by atoms with Crippen LogP contribution >= 0.6 is 23.3 Å². The van der Waals surface area contributed by atoms with Gasteiger partial charge in [0.25, 0.3) is 0 Å². The molecule has 0 spiro atoms. The summed E-state index contributed by atoms with van der Waals surface area (Å²) >= 11 is 7.39. The van der Waals surface area contributed by atoms with Gasteiger partial charge in [0, 0.05) is 0 Å². The van der Waals surface area contributed by atoms with Gasteiger partial charge in [-0.25, -0.2) is 0 Å². The zero-order valence-corrected chi connectivity index (χ0v) is 14.6. The van der Waals surface area contributed by atoms with Gasteiger partial charge in [-0.15, -0.1) is 0 Å². The second-order valence-corrected chi connectivity index (χ2v) is 7.28. The van der Waals surface area contributed by atoms with Crippen LogP contribution in [-0.4, -0.2) is 8.75 Å². The molecule has 0 unspecified atom stereocenters. The summed E-state index contributed by atoms with van der Waals surface area (Å²) in [4.78, 5) is 0. The van der Waals surface area contributed by atoms with Crippen LogP contribution in [0.4, 0.5) is 0 Å². The first kappa shape index (κ1) is 14.4. The molecule has 4 heteroatoms. The quantitative estimate of drug-likeness (QED) is 0.583. The number of aromatic nitrogens is 2. The van der Waals surface area contributed by atoms with Crippen molar-refractivity contribution in [3.63, 3.8) is 0 Å². The van der Waals surface area contributed by atoms with E-state index in [1.807, 2.05) is 0 Å². The van der Waals surface area contributed by atoms with Crippen LogP contribution in [0, 0.1) is 0 Å². The minimum Gasteiger partial charge on any atom is -0.172 e. The Morgan fingerprint density at radius 1 is 0.833 bits per heavy atom. The highest BCUT2D eigenvalue weighted by Gasteiger charge is 2.23. The van der Waals surface area contributed by atoms with Gasteiger partial charge < -0.3 is 0 Å². The fraction of sp³-hybridized carbons (Fsp3) is 0.200. The SMILES string of the molecule is Clc1nsnc1C1=Cc2c(ccc3c2CCc2ccccc2-3)CC1. The van der Waals surface area contributed by atoms with Crippen LogP contribution in [-0.2, 0) is 19.3 Å². The molecule has 0 saturated carbocycles. The lowest BCUT2D eigenvalue weighted by Gasteiger charge is -2.26. The first-order chi connectivity index (χ1) is 11.8. The van der Waals surface area contributed by atoms with Crippen molar-refractivity contribution in [3.05, 3.63) is 69.5 Å². The Balaban J connectivity index is 1.70. The van der Waals surface area contributed by atoms with Gasteiger partial charge in [0.2, 0.25) is 0 Å². The van der Waals surface area contributed by atoms with Gasteiger partial charge in [-0.3, -0.25) is 0 Å². The summed E-state index contributed by atoms with van der Waals surface area (Å²) in [5.41, 5.74) is 10.6. The molecule has 0 saturated heterocycles. The van der Waals surface area contributed by atoms with Gasteiger partial charge >= 0.3 is 0 Å². The summed E-state index contributed by atoms with van der Waals surface area (Å²) in [6, 6.07) is 13.4. The van der Waals surface area contributed by atoms with Crippen LogP contribution in [0.15, 0.2) is 36.4 Å². The van der Waals surface area contributed by atoms with Gasteiger partial charge in [-0.1, -0.05) is 48.0 Å². The van der Waals surface area contributed by atoms with E-state index in [9.17, 15) is 0 Å². The summed E-state index contributed by atoms with van der Waals surface area (Å²) in [5, 5.41) is 0.532. The first-order valence-corrected chi connectivity index (χ1v) is 9.34. The minimum absolute atomic E-state index is 0.532. The molecule has 0 N–H and O–H groups in total. The minimum atomic E-state index is 0.532. The van der Waals surface area contributed by atoms with Crippen molar-refractivity contribution in [2.75, 3.05) is 0 Å². The van der Waals surface area contributed by atoms with Crippen LogP contribution in [0.3, 0.4) is 0 Å². The maximum Gasteiger partial charge on any atom is 0.170 e. The summed E-state index contributed by atoms with van der Waals surface area (Å²) in [7, 11) is 0. The van der Waals surface area contributed by atoms with Crippen molar-refractivity contribution in [1.29, 1.82) is 0 Å². The Labute approximate surface area is 150 Å². The van der Waals surface area contributed by atoms with Crippen molar-refractivity contribution < 1.29 is 0 Å². The first-order valence-electron chi connectivity index (χ1n) is 8.23. The van der Waals surface area contributed by atoms with Crippen LogP contribution in [0.2, 0.25) is 5.15 Å². The molecule has 118 valence electrons. The Bertz CT molecular complexity index is 987. The molecular formula is C20H15ClN2S. The number of aryl methyl sites for hydroxylation is 2. The average Bonchev–Trinajstić information content (AvgIpc) is 3.06. The normalized spacial score (nSPS) is 15.3. The number of allylic oxidation sites excluding steroid dienone is 1. The van der Waals surface area contributed by atoms with E-state index in [0.29, 0.717) is 5.15 Å². The average molecular weight is 351 g/mol. The monoisotopic (exact) mass is 350 g/mol. The van der Waals surface area contributed by atoms with E-state index in [2.05, 4.69) is 51.2 Å². The maximum atomic E-state index is 6.21. The highest BCUT2D eigenvalue weighted by molar-refractivity contribution is 6.99. The smallest absolute Gasteiger partial charge is 0.170 e. The Morgan fingerprint density at radius 3 is 2.58 bits per heavy atom. The lowest BCUT2D eigenvalue weighted by atomic mass is 9.79. The third-order valence-corrected chi connectivity index (χ3v) is 6.03. The molecule has 0 atom stereocenters. The van der Waals surface area contributed by atoms with E-state index in [4.69, 9.17) is 11.6 Å². The number of halogens is 1. The maximum absolute atomic E-state index is 6.21. The molecule has 2 aromatic carbocycles. The molecule has 0 fully saturated rings. The second-order valence-electron chi connectivity index (χ2n) is 6.39. The predicted molar refractivity (Wildman–Crippen MR) is 100 cm³/mol.